The number of aryl methyl sites for hydroxylation is 1. The average molecular weight is 472 g/mol. The summed E-state index contributed by atoms with van der Waals surface area (Å²) in [5.74, 6) is 1.04. The zero-order valence-corrected chi connectivity index (χ0v) is 19.9. The molecule has 3 aromatic rings. The van der Waals surface area contributed by atoms with Gasteiger partial charge in [-0.25, -0.2) is 0 Å². The maximum absolute atomic E-state index is 12.4. The van der Waals surface area contributed by atoms with Gasteiger partial charge in [0.05, 0.1) is 18.7 Å². The van der Waals surface area contributed by atoms with E-state index >= 15 is 0 Å². The molecular weight excluding hydrogens is 446 g/mol. The fourth-order valence-electron chi connectivity index (χ4n) is 2.81. The van der Waals surface area contributed by atoms with Crippen LogP contribution >= 0.6 is 22.9 Å². The minimum atomic E-state index is -0.283. The molecule has 2 aromatic carbocycles. The first kappa shape index (κ1) is 23.8. The summed E-state index contributed by atoms with van der Waals surface area (Å²) in [5.41, 5.74) is 3.03. The third kappa shape index (κ3) is 6.55. The van der Waals surface area contributed by atoms with E-state index in [-0.39, 0.29) is 10.9 Å². The third-order valence-corrected chi connectivity index (χ3v) is 5.99. The third-order valence-electron chi connectivity index (χ3n) is 4.63. The smallest absolute Gasteiger partial charge is 0.282 e. The van der Waals surface area contributed by atoms with E-state index in [9.17, 15) is 4.79 Å². The molecule has 0 saturated heterocycles. The molecule has 0 fully saturated rings. The van der Waals surface area contributed by atoms with Crippen LogP contribution in [0.4, 0.5) is 0 Å². The van der Waals surface area contributed by atoms with Gasteiger partial charge >= 0.3 is 0 Å². The van der Waals surface area contributed by atoms with E-state index in [0.29, 0.717) is 34.7 Å². The lowest BCUT2D eigenvalue weighted by Gasteiger charge is -2.11. The molecule has 0 bridgehead atoms. The van der Waals surface area contributed by atoms with E-state index in [1.165, 1.54) is 5.56 Å². The standard InChI is InChI=1S/C24H26ClN3O3S/c1-4-5-12-31-21-14-18(10-11-20(21)30-3)13-19(25)23-27-28-24(32-23)22(29)26-15-17-8-6-16(2)7-9-17/h6-11,13-14H,4-5,12,15H2,1-3H3,(H,26,29)/b19-13-. The molecule has 8 heteroatoms. The summed E-state index contributed by atoms with van der Waals surface area (Å²) in [6.45, 7) is 5.17. The summed E-state index contributed by atoms with van der Waals surface area (Å²) in [6, 6.07) is 13.6. The first-order valence-corrected chi connectivity index (χ1v) is 11.5. The fourth-order valence-corrected chi connectivity index (χ4v) is 3.75. The van der Waals surface area contributed by atoms with Crippen molar-refractivity contribution in [3.63, 3.8) is 0 Å². The fraction of sp³-hybridized carbons (Fsp3) is 0.292. The Labute approximate surface area is 197 Å². The van der Waals surface area contributed by atoms with Crippen LogP contribution in [-0.2, 0) is 6.54 Å². The molecular formula is C24H26ClN3O3S. The number of carbonyl (C=O) groups excluding carboxylic acids is 1. The number of amides is 1. The lowest BCUT2D eigenvalue weighted by Crippen LogP contribution is -2.22. The molecule has 0 saturated carbocycles. The topological polar surface area (TPSA) is 73.3 Å². The van der Waals surface area contributed by atoms with Crippen molar-refractivity contribution in [3.8, 4) is 11.5 Å². The molecule has 1 N–H and O–H groups in total. The van der Waals surface area contributed by atoms with Crippen LogP contribution in [0.25, 0.3) is 11.1 Å². The summed E-state index contributed by atoms with van der Waals surface area (Å²) in [7, 11) is 1.61. The van der Waals surface area contributed by atoms with E-state index in [1.54, 1.807) is 13.2 Å². The molecule has 0 spiro atoms. The second-order valence-corrected chi connectivity index (χ2v) is 8.57. The van der Waals surface area contributed by atoms with Gasteiger partial charge in [-0.2, -0.15) is 0 Å². The number of nitrogens with zero attached hydrogens (tertiary/aromatic N) is 2. The first-order chi connectivity index (χ1) is 15.5. The predicted octanol–water partition coefficient (Wildman–Crippen LogP) is 5.70. The van der Waals surface area contributed by atoms with Gasteiger partial charge in [-0.15, -0.1) is 10.2 Å². The monoisotopic (exact) mass is 471 g/mol. The second-order valence-electron chi connectivity index (χ2n) is 7.19. The van der Waals surface area contributed by atoms with E-state index in [1.807, 2.05) is 49.4 Å². The van der Waals surface area contributed by atoms with Crippen molar-refractivity contribution in [2.45, 2.75) is 33.2 Å². The molecule has 1 aromatic heterocycles. The molecule has 0 unspecified atom stereocenters. The zero-order valence-electron chi connectivity index (χ0n) is 18.4. The Hall–Kier alpha value is -2.90. The van der Waals surface area contributed by atoms with Crippen LogP contribution in [-0.4, -0.2) is 29.8 Å². The van der Waals surface area contributed by atoms with Crippen molar-refractivity contribution in [2.24, 2.45) is 0 Å². The van der Waals surface area contributed by atoms with Gasteiger partial charge in [0, 0.05) is 6.54 Å². The Bertz CT molecular complexity index is 1080. The minimum Gasteiger partial charge on any atom is -0.493 e. The molecule has 0 atom stereocenters. The summed E-state index contributed by atoms with van der Waals surface area (Å²) in [4.78, 5) is 12.4. The number of unbranched alkanes of at least 4 members (excludes halogenated alkanes) is 1. The SMILES string of the molecule is CCCCOc1cc(/C=C(\Cl)c2nnc(C(=O)NCc3ccc(C)cc3)s2)ccc1OC. The molecule has 0 radical (unpaired) electrons. The Kier molecular flexibility index (Phi) is 8.64. The van der Waals surface area contributed by atoms with Gasteiger partial charge in [-0.3, -0.25) is 4.79 Å². The molecule has 1 heterocycles. The summed E-state index contributed by atoms with van der Waals surface area (Å²) >= 11 is 7.61. The van der Waals surface area contributed by atoms with Crippen LogP contribution in [0.1, 0.15) is 51.3 Å². The number of rotatable bonds is 10. The number of methoxy groups -OCH3 is 1. The normalized spacial score (nSPS) is 11.3. The van der Waals surface area contributed by atoms with E-state index in [4.69, 9.17) is 21.1 Å². The molecule has 0 aliphatic heterocycles. The molecule has 6 nitrogen and oxygen atoms in total. The Morgan fingerprint density at radius 3 is 2.59 bits per heavy atom. The number of halogens is 1. The predicted molar refractivity (Wildman–Crippen MR) is 129 cm³/mol. The Morgan fingerprint density at radius 1 is 1.12 bits per heavy atom. The first-order valence-electron chi connectivity index (χ1n) is 10.4. The minimum absolute atomic E-state index is 0.261. The van der Waals surface area contributed by atoms with Gasteiger partial charge in [0.15, 0.2) is 16.5 Å². The van der Waals surface area contributed by atoms with Crippen LogP contribution in [0.15, 0.2) is 42.5 Å². The highest BCUT2D eigenvalue weighted by molar-refractivity contribution is 7.15. The number of aromatic nitrogens is 2. The zero-order chi connectivity index (χ0) is 22.9. The Morgan fingerprint density at radius 2 is 1.88 bits per heavy atom. The van der Waals surface area contributed by atoms with E-state index in [0.717, 1.165) is 35.3 Å². The second kappa shape index (κ2) is 11.6. The number of nitrogens with one attached hydrogen (secondary N) is 1. The summed E-state index contributed by atoms with van der Waals surface area (Å²) in [5, 5.41) is 12.0. The van der Waals surface area contributed by atoms with Gasteiger partial charge < -0.3 is 14.8 Å². The average Bonchev–Trinajstić information content (AvgIpc) is 3.30. The number of hydrogen-bond donors (Lipinski definition) is 1. The maximum atomic E-state index is 12.4. The number of benzene rings is 2. The van der Waals surface area contributed by atoms with Crippen molar-refractivity contribution in [3.05, 3.63) is 69.2 Å². The van der Waals surface area contributed by atoms with Gasteiger partial charge in [-0.1, -0.05) is 72.2 Å². The maximum Gasteiger partial charge on any atom is 0.282 e. The van der Waals surface area contributed by atoms with E-state index < -0.39 is 0 Å². The van der Waals surface area contributed by atoms with Crippen molar-refractivity contribution >= 4 is 40.0 Å². The van der Waals surface area contributed by atoms with Crippen molar-refractivity contribution < 1.29 is 14.3 Å². The van der Waals surface area contributed by atoms with Crippen LogP contribution in [0.5, 0.6) is 11.5 Å². The molecule has 0 aliphatic carbocycles. The number of hydrogen-bond acceptors (Lipinski definition) is 6. The Balaban J connectivity index is 1.67. The van der Waals surface area contributed by atoms with Crippen LogP contribution in [0.2, 0.25) is 0 Å². The van der Waals surface area contributed by atoms with Crippen LogP contribution in [0.3, 0.4) is 0 Å². The number of carbonyl (C=O) groups is 1. The van der Waals surface area contributed by atoms with Crippen molar-refractivity contribution in [1.29, 1.82) is 0 Å². The summed E-state index contributed by atoms with van der Waals surface area (Å²) < 4.78 is 11.2. The molecule has 0 aliphatic rings. The van der Waals surface area contributed by atoms with Crippen LogP contribution in [0, 0.1) is 6.92 Å². The summed E-state index contributed by atoms with van der Waals surface area (Å²) in [6.07, 6.45) is 3.78. The van der Waals surface area contributed by atoms with Crippen molar-refractivity contribution in [2.75, 3.05) is 13.7 Å². The quantitative estimate of drug-likeness (QED) is 0.384. The van der Waals surface area contributed by atoms with Gasteiger partial charge in [0.2, 0.25) is 5.01 Å². The van der Waals surface area contributed by atoms with Crippen molar-refractivity contribution in [1.82, 2.24) is 15.5 Å². The van der Waals surface area contributed by atoms with Crippen LogP contribution < -0.4 is 14.8 Å². The van der Waals surface area contributed by atoms with Gasteiger partial charge in [-0.05, 0) is 42.7 Å². The lowest BCUT2D eigenvalue weighted by molar-refractivity contribution is 0.0950. The molecule has 3 rings (SSSR count). The number of ether oxygens (including phenoxy) is 2. The van der Waals surface area contributed by atoms with Gasteiger partial charge in [0.1, 0.15) is 0 Å². The molecule has 32 heavy (non-hydrogen) atoms. The van der Waals surface area contributed by atoms with Gasteiger partial charge in [0.25, 0.3) is 5.91 Å². The lowest BCUT2D eigenvalue weighted by atomic mass is 10.1. The molecule has 1 amide bonds. The highest BCUT2D eigenvalue weighted by Crippen LogP contribution is 2.31. The highest BCUT2D eigenvalue weighted by atomic mass is 35.5. The highest BCUT2D eigenvalue weighted by Gasteiger charge is 2.15. The molecule has 168 valence electrons. The van der Waals surface area contributed by atoms with E-state index in [2.05, 4.69) is 22.4 Å². The largest absolute Gasteiger partial charge is 0.493 e.